The number of hydrogen-bond donors (Lipinski definition) is 2. The van der Waals surface area contributed by atoms with Gasteiger partial charge in [0.15, 0.2) is 0 Å². The number of carboxylic acid groups (broad SMARTS) is 1. The normalized spacial score (nSPS) is 10.8. The molecular formula is C30H33N3O5. The third kappa shape index (κ3) is 7.77. The molecule has 198 valence electrons. The highest BCUT2D eigenvalue weighted by Crippen LogP contribution is 2.30. The molecule has 38 heavy (non-hydrogen) atoms. The SMILES string of the molecule is CCCCCCN(C)c1ccc(C(=O)O)cc1N=Cc1ccc(C(=O)Nc2cccc(C(=O)OC)c2)cc1. The van der Waals surface area contributed by atoms with Crippen LogP contribution in [0.3, 0.4) is 0 Å². The minimum absolute atomic E-state index is 0.170. The molecule has 3 aromatic carbocycles. The first-order valence-electron chi connectivity index (χ1n) is 12.5. The van der Waals surface area contributed by atoms with Crippen molar-refractivity contribution in [1.82, 2.24) is 0 Å². The summed E-state index contributed by atoms with van der Waals surface area (Å²) in [6.45, 7) is 3.02. The zero-order chi connectivity index (χ0) is 27.5. The van der Waals surface area contributed by atoms with E-state index in [0.717, 1.165) is 37.1 Å². The maximum absolute atomic E-state index is 12.7. The fraction of sp³-hybridized carbons (Fsp3) is 0.267. The number of rotatable bonds is 12. The molecule has 8 nitrogen and oxygen atoms in total. The number of carbonyl (C=O) groups excluding carboxylic acids is 2. The lowest BCUT2D eigenvalue weighted by atomic mass is 10.1. The van der Waals surface area contributed by atoms with Gasteiger partial charge in [-0.2, -0.15) is 0 Å². The van der Waals surface area contributed by atoms with E-state index in [1.54, 1.807) is 72.9 Å². The number of unbranched alkanes of at least 4 members (excludes halogenated alkanes) is 3. The summed E-state index contributed by atoms with van der Waals surface area (Å²) in [6.07, 6.45) is 6.19. The average Bonchev–Trinajstić information content (AvgIpc) is 2.93. The van der Waals surface area contributed by atoms with Gasteiger partial charge in [-0.25, -0.2) is 9.59 Å². The second kappa shape index (κ2) is 13.7. The molecule has 0 heterocycles. The van der Waals surface area contributed by atoms with Gasteiger partial charge in [0.2, 0.25) is 0 Å². The number of amides is 1. The van der Waals surface area contributed by atoms with Gasteiger partial charge in [-0.3, -0.25) is 9.79 Å². The molecule has 3 aromatic rings. The molecule has 0 fully saturated rings. The van der Waals surface area contributed by atoms with E-state index < -0.39 is 11.9 Å². The minimum atomic E-state index is -1.01. The average molecular weight is 516 g/mol. The zero-order valence-electron chi connectivity index (χ0n) is 21.9. The van der Waals surface area contributed by atoms with E-state index in [1.807, 2.05) is 7.05 Å². The summed E-state index contributed by atoms with van der Waals surface area (Å²) in [5.74, 6) is -1.81. The predicted molar refractivity (Wildman–Crippen MR) is 150 cm³/mol. The lowest BCUT2D eigenvalue weighted by Crippen LogP contribution is -2.18. The van der Waals surface area contributed by atoms with E-state index in [-0.39, 0.29) is 11.5 Å². The quantitative estimate of drug-likeness (QED) is 0.169. The maximum Gasteiger partial charge on any atom is 0.337 e. The number of ether oxygens (including phenoxy) is 1. The van der Waals surface area contributed by atoms with E-state index >= 15 is 0 Å². The predicted octanol–water partition coefficient (Wildman–Crippen LogP) is 6.19. The number of benzene rings is 3. The molecule has 3 rings (SSSR count). The first-order chi connectivity index (χ1) is 18.3. The molecule has 1 amide bonds. The van der Waals surface area contributed by atoms with Crippen molar-refractivity contribution in [3.05, 3.63) is 89.0 Å². The fourth-order valence-corrected chi connectivity index (χ4v) is 3.89. The Bertz CT molecular complexity index is 1300. The summed E-state index contributed by atoms with van der Waals surface area (Å²) in [5.41, 5.74) is 3.60. The molecule has 0 aliphatic rings. The summed E-state index contributed by atoms with van der Waals surface area (Å²) in [4.78, 5) is 42.6. The van der Waals surface area contributed by atoms with E-state index in [4.69, 9.17) is 4.74 Å². The van der Waals surface area contributed by atoms with Crippen LogP contribution >= 0.6 is 0 Å². The first kappa shape index (κ1) is 28.1. The number of carbonyl (C=O) groups is 3. The molecule has 0 saturated heterocycles. The van der Waals surface area contributed by atoms with E-state index in [2.05, 4.69) is 22.1 Å². The lowest BCUT2D eigenvalue weighted by molar-refractivity contribution is 0.0599. The van der Waals surface area contributed by atoms with Crippen molar-refractivity contribution in [1.29, 1.82) is 0 Å². The Balaban J connectivity index is 1.73. The van der Waals surface area contributed by atoms with Crippen LogP contribution in [-0.2, 0) is 4.74 Å². The highest BCUT2D eigenvalue weighted by Gasteiger charge is 2.12. The number of methoxy groups -OCH3 is 1. The molecule has 0 bridgehead atoms. The van der Waals surface area contributed by atoms with Crippen LogP contribution in [0.25, 0.3) is 0 Å². The molecular weight excluding hydrogens is 482 g/mol. The Morgan fingerprint density at radius 2 is 1.68 bits per heavy atom. The Kier molecular flexibility index (Phi) is 10.2. The topological polar surface area (TPSA) is 108 Å². The maximum atomic E-state index is 12.7. The number of aliphatic imine (C=N–C) groups is 1. The summed E-state index contributed by atoms with van der Waals surface area (Å²) < 4.78 is 4.72. The van der Waals surface area contributed by atoms with Crippen LogP contribution in [0, 0.1) is 0 Å². The number of esters is 1. The Labute approximate surface area is 223 Å². The number of nitrogens with zero attached hydrogens (tertiary/aromatic N) is 2. The van der Waals surface area contributed by atoms with Gasteiger partial charge in [-0.05, 0) is 60.5 Å². The number of carboxylic acids is 1. The molecule has 0 spiro atoms. The molecule has 0 aliphatic heterocycles. The van der Waals surface area contributed by atoms with Crippen molar-refractivity contribution >= 4 is 41.1 Å². The van der Waals surface area contributed by atoms with Crippen molar-refractivity contribution in [3.8, 4) is 0 Å². The summed E-state index contributed by atoms with van der Waals surface area (Å²) in [6, 6.07) is 18.3. The largest absolute Gasteiger partial charge is 0.478 e. The number of aromatic carboxylic acids is 1. The summed E-state index contributed by atoms with van der Waals surface area (Å²) >= 11 is 0. The van der Waals surface area contributed by atoms with Gasteiger partial charge in [0.1, 0.15) is 0 Å². The standard InChI is InChI=1S/C30H33N3O5/c1-4-5-6-7-17-33(2)27-16-15-23(29(35)36)19-26(27)31-20-21-11-13-22(14-12-21)28(34)32-25-10-8-9-24(18-25)30(37)38-3/h8-16,18-20H,4-7,17H2,1-3H3,(H,32,34)(H,35,36). The third-order valence-electron chi connectivity index (χ3n) is 6.05. The smallest absolute Gasteiger partial charge is 0.337 e. The second-order valence-corrected chi connectivity index (χ2v) is 8.90. The second-order valence-electron chi connectivity index (χ2n) is 8.90. The minimum Gasteiger partial charge on any atom is -0.478 e. The molecule has 0 atom stereocenters. The summed E-state index contributed by atoms with van der Waals surface area (Å²) in [7, 11) is 3.28. The van der Waals surface area contributed by atoms with Crippen LogP contribution in [0.15, 0.2) is 71.7 Å². The van der Waals surface area contributed by atoms with Crippen LogP contribution in [0.1, 0.15) is 69.2 Å². The lowest BCUT2D eigenvalue weighted by Gasteiger charge is -2.21. The van der Waals surface area contributed by atoms with E-state index in [0.29, 0.717) is 22.5 Å². The first-order valence-corrected chi connectivity index (χ1v) is 12.5. The molecule has 0 radical (unpaired) electrons. The van der Waals surface area contributed by atoms with Gasteiger partial charge in [0.05, 0.1) is 29.6 Å². The van der Waals surface area contributed by atoms with Gasteiger partial charge < -0.3 is 20.1 Å². The Hall–Kier alpha value is -4.46. The number of anilines is 2. The van der Waals surface area contributed by atoms with Gasteiger partial charge >= 0.3 is 11.9 Å². The van der Waals surface area contributed by atoms with Crippen LogP contribution in [0.2, 0.25) is 0 Å². The van der Waals surface area contributed by atoms with E-state index in [1.165, 1.54) is 13.5 Å². The highest BCUT2D eigenvalue weighted by molar-refractivity contribution is 6.05. The summed E-state index contributed by atoms with van der Waals surface area (Å²) in [5, 5.41) is 12.2. The van der Waals surface area contributed by atoms with Crippen LogP contribution in [-0.4, -0.2) is 49.9 Å². The van der Waals surface area contributed by atoms with Gasteiger partial charge in [0.25, 0.3) is 5.91 Å². The molecule has 0 unspecified atom stereocenters. The number of hydrogen-bond acceptors (Lipinski definition) is 6. The Morgan fingerprint density at radius 3 is 2.37 bits per heavy atom. The van der Waals surface area contributed by atoms with Crippen LogP contribution in [0.5, 0.6) is 0 Å². The molecule has 0 saturated carbocycles. The molecule has 0 aromatic heterocycles. The van der Waals surface area contributed by atoms with Gasteiger partial charge in [-0.1, -0.05) is 44.4 Å². The zero-order valence-corrected chi connectivity index (χ0v) is 21.9. The van der Waals surface area contributed by atoms with Crippen molar-refractivity contribution in [3.63, 3.8) is 0 Å². The van der Waals surface area contributed by atoms with Gasteiger partial charge in [0, 0.05) is 31.1 Å². The van der Waals surface area contributed by atoms with Crippen LogP contribution < -0.4 is 10.2 Å². The molecule has 8 heteroatoms. The van der Waals surface area contributed by atoms with E-state index in [9.17, 15) is 19.5 Å². The molecule has 2 N–H and O–H groups in total. The van der Waals surface area contributed by atoms with Crippen molar-refractivity contribution in [2.24, 2.45) is 4.99 Å². The molecule has 0 aliphatic carbocycles. The van der Waals surface area contributed by atoms with Crippen LogP contribution in [0.4, 0.5) is 17.1 Å². The monoisotopic (exact) mass is 515 g/mol. The van der Waals surface area contributed by atoms with Gasteiger partial charge in [-0.15, -0.1) is 0 Å². The van der Waals surface area contributed by atoms with Crippen molar-refractivity contribution in [2.45, 2.75) is 32.6 Å². The van der Waals surface area contributed by atoms with Crippen molar-refractivity contribution < 1.29 is 24.2 Å². The highest BCUT2D eigenvalue weighted by atomic mass is 16.5. The third-order valence-corrected chi connectivity index (χ3v) is 6.05. The number of nitrogens with one attached hydrogen (secondary N) is 1. The van der Waals surface area contributed by atoms with Crippen molar-refractivity contribution in [2.75, 3.05) is 30.9 Å². The Morgan fingerprint density at radius 1 is 0.947 bits per heavy atom. The fourth-order valence-electron chi connectivity index (χ4n) is 3.89.